The lowest BCUT2D eigenvalue weighted by molar-refractivity contribution is 0.174. The van der Waals surface area contributed by atoms with E-state index < -0.39 is 11.8 Å². The maximum absolute atomic E-state index is 12.9. The predicted molar refractivity (Wildman–Crippen MR) is 76.6 cm³/mol. The summed E-state index contributed by atoms with van der Waals surface area (Å²) in [5, 5.41) is 5.28. The largest absolute Gasteiger partial charge is 0.454 e. The van der Waals surface area contributed by atoms with Crippen molar-refractivity contribution in [3.8, 4) is 11.5 Å². The number of rotatable bonds is 2. The van der Waals surface area contributed by atoms with E-state index in [1.54, 1.807) is 18.2 Å². The molecule has 0 saturated heterocycles. The molecule has 0 radical (unpaired) electrons. The van der Waals surface area contributed by atoms with Gasteiger partial charge < -0.3 is 20.1 Å². The van der Waals surface area contributed by atoms with Crippen molar-refractivity contribution in [3.05, 3.63) is 47.2 Å². The molecule has 0 aromatic heterocycles. The molecule has 0 unspecified atom stereocenters. The molecule has 1 aliphatic rings. The minimum Gasteiger partial charge on any atom is -0.454 e. The van der Waals surface area contributed by atoms with Crippen LogP contribution in [0.3, 0.4) is 0 Å². The van der Waals surface area contributed by atoms with Gasteiger partial charge in [-0.3, -0.25) is 0 Å². The smallest absolute Gasteiger partial charge is 0.323 e. The van der Waals surface area contributed by atoms with Gasteiger partial charge in [0.1, 0.15) is 5.82 Å². The molecule has 2 aromatic rings. The standard InChI is InChI=1S/C14H10ClFN2O3/c15-10-5-8(16)1-3-11(10)18-14(19)17-9-2-4-12-13(6-9)21-7-20-12/h1-6H,7H2,(H2,17,18,19). The third-order valence-corrected chi connectivity index (χ3v) is 3.12. The number of fused-ring (bicyclic) bond motifs is 1. The molecule has 1 heterocycles. The first kappa shape index (κ1) is 13.5. The Hall–Kier alpha value is -2.47. The molecule has 0 spiro atoms. The summed E-state index contributed by atoms with van der Waals surface area (Å²) in [6.45, 7) is 0.163. The lowest BCUT2D eigenvalue weighted by Crippen LogP contribution is -2.19. The quantitative estimate of drug-likeness (QED) is 0.886. The summed E-state index contributed by atoms with van der Waals surface area (Å²) >= 11 is 5.83. The molecule has 2 aromatic carbocycles. The van der Waals surface area contributed by atoms with Crippen molar-refractivity contribution in [2.45, 2.75) is 0 Å². The van der Waals surface area contributed by atoms with E-state index in [-0.39, 0.29) is 11.8 Å². The molecule has 0 saturated carbocycles. The van der Waals surface area contributed by atoms with Gasteiger partial charge in [-0.25, -0.2) is 9.18 Å². The summed E-state index contributed by atoms with van der Waals surface area (Å²) in [4.78, 5) is 11.9. The van der Waals surface area contributed by atoms with Crippen molar-refractivity contribution in [3.63, 3.8) is 0 Å². The minimum absolute atomic E-state index is 0.121. The van der Waals surface area contributed by atoms with Crippen molar-refractivity contribution in [2.75, 3.05) is 17.4 Å². The summed E-state index contributed by atoms with van der Waals surface area (Å²) < 4.78 is 23.3. The minimum atomic E-state index is -0.498. The second kappa shape index (κ2) is 5.49. The monoisotopic (exact) mass is 308 g/mol. The molecule has 7 heteroatoms. The third-order valence-electron chi connectivity index (χ3n) is 2.81. The molecule has 0 fully saturated rings. The van der Waals surface area contributed by atoms with Crippen LogP contribution in [-0.2, 0) is 0 Å². The van der Waals surface area contributed by atoms with E-state index in [1.807, 2.05) is 0 Å². The predicted octanol–water partition coefficient (Wildman–Crippen LogP) is 3.85. The Morgan fingerprint density at radius 1 is 1.10 bits per heavy atom. The average Bonchev–Trinajstić information content (AvgIpc) is 2.89. The van der Waals surface area contributed by atoms with E-state index in [4.69, 9.17) is 21.1 Å². The molecule has 0 aliphatic carbocycles. The van der Waals surface area contributed by atoms with Crippen LogP contribution in [0.4, 0.5) is 20.6 Å². The summed E-state index contributed by atoms with van der Waals surface area (Å²) in [6.07, 6.45) is 0. The number of carbonyl (C=O) groups is 1. The fourth-order valence-corrected chi connectivity index (χ4v) is 2.06. The van der Waals surface area contributed by atoms with Crippen molar-refractivity contribution < 1.29 is 18.7 Å². The second-order valence-electron chi connectivity index (χ2n) is 4.27. The third kappa shape index (κ3) is 3.00. The zero-order chi connectivity index (χ0) is 14.8. The van der Waals surface area contributed by atoms with Gasteiger partial charge in [-0.2, -0.15) is 0 Å². The SMILES string of the molecule is O=C(Nc1ccc2c(c1)OCO2)Nc1ccc(F)cc1Cl. The van der Waals surface area contributed by atoms with Crippen molar-refractivity contribution in [2.24, 2.45) is 0 Å². The summed E-state index contributed by atoms with van der Waals surface area (Å²) in [5.41, 5.74) is 0.853. The highest BCUT2D eigenvalue weighted by Gasteiger charge is 2.14. The number of carbonyl (C=O) groups excluding carboxylic acids is 1. The number of hydrogen-bond donors (Lipinski definition) is 2. The fraction of sp³-hybridized carbons (Fsp3) is 0.0714. The highest BCUT2D eigenvalue weighted by Crippen LogP contribution is 2.34. The van der Waals surface area contributed by atoms with Crippen LogP contribution in [0.15, 0.2) is 36.4 Å². The van der Waals surface area contributed by atoms with Crippen LogP contribution in [0.5, 0.6) is 11.5 Å². The first-order valence-corrected chi connectivity index (χ1v) is 6.42. The van der Waals surface area contributed by atoms with Gasteiger partial charge in [0.25, 0.3) is 0 Å². The zero-order valence-corrected chi connectivity index (χ0v) is 11.4. The van der Waals surface area contributed by atoms with Gasteiger partial charge in [-0.15, -0.1) is 0 Å². The first-order chi connectivity index (χ1) is 10.1. The Morgan fingerprint density at radius 3 is 2.71 bits per heavy atom. The van der Waals surface area contributed by atoms with E-state index in [9.17, 15) is 9.18 Å². The molecule has 0 atom stereocenters. The molecule has 0 bridgehead atoms. The van der Waals surface area contributed by atoms with Gasteiger partial charge in [-0.05, 0) is 30.3 Å². The Balaban J connectivity index is 1.69. The van der Waals surface area contributed by atoms with E-state index in [0.29, 0.717) is 22.9 Å². The van der Waals surface area contributed by atoms with Crippen LogP contribution in [-0.4, -0.2) is 12.8 Å². The van der Waals surface area contributed by atoms with E-state index >= 15 is 0 Å². The summed E-state index contributed by atoms with van der Waals surface area (Å²) in [6, 6.07) is 8.25. The Kier molecular flexibility index (Phi) is 3.53. The van der Waals surface area contributed by atoms with Crippen LogP contribution >= 0.6 is 11.6 Å². The van der Waals surface area contributed by atoms with Gasteiger partial charge in [0.2, 0.25) is 6.79 Å². The maximum Gasteiger partial charge on any atom is 0.323 e. The van der Waals surface area contributed by atoms with Gasteiger partial charge in [0.15, 0.2) is 11.5 Å². The number of benzene rings is 2. The molecule has 2 N–H and O–H groups in total. The number of nitrogens with one attached hydrogen (secondary N) is 2. The maximum atomic E-state index is 12.9. The zero-order valence-electron chi connectivity index (χ0n) is 10.7. The number of hydrogen-bond acceptors (Lipinski definition) is 3. The van der Waals surface area contributed by atoms with Crippen LogP contribution in [0, 0.1) is 5.82 Å². The topological polar surface area (TPSA) is 59.6 Å². The molecule has 3 rings (SSSR count). The Labute approximate surface area is 124 Å². The average molecular weight is 309 g/mol. The molecule has 108 valence electrons. The van der Waals surface area contributed by atoms with Gasteiger partial charge in [0, 0.05) is 11.8 Å². The van der Waals surface area contributed by atoms with Crippen LogP contribution in [0.2, 0.25) is 5.02 Å². The van der Waals surface area contributed by atoms with E-state index in [2.05, 4.69) is 10.6 Å². The van der Waals surface area contributed by atoms with Crippen LogP contribution < -0.4 is 20.1 Å². The molecular weight excluding hydrogens is 299 g/mol. The van der Waals surface area contributed by atoms with Crippen molar-refractivity contribution in [1.82, 2.24) is 0 Å². The Morgan fingerprint density at radius 2 is 1.90 bits per heavy atom. The van der Waals surface area contributed by atoms with E-state index in [1.165, 1.54) is 12.1 Å². The van der Waals surface area contributed by atoms with Gasteiger partial charge in [0.05, 0.1) is 10.7 Å². The molecule has 21 heavy (non-hydrogen) atoms. The van der Waals surface area contributed by atoms with Gasteiger partial charge >= 0.3 is 6.03 Å². The number of amides is 2. The number of ether oxygens (including phenoxy) is 2. The van der Waals surface area contributed by atoms with Crippen LogP contribution in [0.1, 0.15) is 0 Å². The molecular formula is C14H10ClFN2O3. The Bertz CT molecular complexity index is 709. The van der Waals surface area contributed by atoms with E-state index in [0.717, 1.165) is 6.07 Å². The number of urea groups is 1. The van der Waals surface area contributed by atoms with Gasteiger partial charge in [-0.1, -0.05) is 11.6 Å². The number of halogens is 2. The summed E-state index contributed by atoms with van der Waals surface area (Å²) in [5.74, 6) is 0.719. The normalized spacial score (nSPS) is 12.1. The first-order valence-electron chi connectivity index (χ1n) is 6.04. The lowest BCUT2D eigenvalue weighted by Gasteiger charge is -2.09. The summed E-state index contributed by atoms with van der Waals surface area (Å²) in [7, 11) is 0. The highest BCUT2D eigenvalue weighted by molar-refractivity contribution is 6.33. The number of anilines is 2. The van der Waals surface area contributed by atoms with Crippen molar-refractivity contribution in [1.29, 1.82) is 0 Å². The lowest BCUT2D eigenvalue weighted by atomic mass is 10.3. The molecule has 5 nitrogen and oxygen atoms in total. The highest BCUT2D eigenvalue weighted by atomic mass is 35.5. The van der Waals surface area contributed by atoms with Crippen LogP contribution in [0.25, 0.3) is 0 Å². The van der Waals surface area contributed by atoms with Crippen molar-refractivity contribution >= 4 is 29.0 Å². The second-order valence-corrected chi connectivity index (χ2v) is 4.68. The molecule has 1 aliphatic heterocycles. The fourth-order valence-electron chi connectivity index (χ4n) is 1.85. The molecule has 2 amide bonds.